The maximum absolute atomic E-state index is 13.1. The minimum Gasteiger partial charge on any atom is -0.351 e. The van der Waals surface area contributed by atoms with Gasteiger partial charge in [0.05, 0.1) is 18.5 Å². The molecule has 0 aliphatic heterocycles. The molecule has 162 valence electrons. The van der Waals surface area contributed by atoms with Crippen LogP contribution in [0.2, 0.25) is 0 Å². The molecule has 0 spiro atoms. The van der Waals surface area contributed by atoms with Gasteiger partial charge in [0, 0.05) is 12.1 Å². The highest BCUT2D eigenvalue weighted by Crippen LogP contribution is 2.22. The maximum atomic E-state index is 13.1. The zero-order valence-electron chi connectivity index (χ0n) is 17.5. The Hall–Kier alpha value is -3.19. The van der Waals surface area contributed by atoms with Gasteiger partial charge in [0.25, 0.3) is 5.91 Å². The summed E-state index contributed by atoms with van der Waals surface area (Å²) in [6.45, 7) is 2.60. The van der Waals surface area contributed by atoms with Crippen LogP contribution >= 0.6 is 0 Å². The second kappa shape index (κ2) is 9.75. The van der Waals surface area contributed by atoms with Crippen molar-refractivity contribution >= 4 is 21.6 Å². The number of nitrogens with one attached hydrogen (secondary N) is 1. The van der Waals surface area contributed by atoms with Crippen molar-refractivity contribution < 1.29 is 17.6 Å². The van der Waals surface area contributed by atoms with Crippen LogP contribution < -0.4 is 9.62 Å². The maximum Gasteiger partial charge on any atom is 0.251 e. The predicted octanol–water partition coefficient (Wildman–Crippen LogP) is 4.33. The first kappa shape index (κ1) is 22.5. The average molecular weight is 441 g/mol. The molecule has 0 bridgehead atoms. The summed E-state index contributed by atoms with van der Waals surface area (Å²) in [6.07, 6.45) is 1.11. The molecule has 5 nitrogen and oxygen atoms in total. The normalized spacial score (nSPS) is 12.2. The van der Waals surface area contributed by atoms with Crippen LogP contribution in [0, 0.1) is 5.82 Å². The number of rotatable bonds is 8. The average Bonchev–Trinajstić information content (AvgIpc) is 2.77. The van der Waals surface area contributed by atoms with E-state index >= 15 is 0 Å². The van der Waals surface area contributed by atoms with E-state index in [0.717, 1.165) is 11.8 Å². The second-order valence-corrected chi connectivity index (χ2v) is 9.37. The van der Waals surface area contributed by atoms with E-state index in [-0.39, 0.29) is 24.2 Å². The number of hydrogen-bond donors (Lipinski definition) is 1. The molecular weight excluding hydrogens is 415 g/mol. The summed E-state index contributed by atoms with van der Waals surface area (Å²) in [4.78, 5) is 12.5. The first-order chi connectivity index (χ1) is 14.7. The Labute approximate surface area is 182 Å². The van der Waals surface area contributed by atoms with Crippen LogP contribution in [0.5, 0.6) is 0 Å². The molecule has 31 heavy (non-hydrogen) atoms. The van der Waals surface area contributed by atoms with Gasteiger partial charge in [0.1, 0.15) is 5.82 Å². The third-order valence-electron chi connectivity index (χ3n) is 4.99. The van der Waals surface area contributed by atoms with Crippen molar-refractivity contribution in [1.29, 1.82) is 0 Å². The molecule has 1 atom stereocenters. The minimum absolute atomic E-state index is 0.0687. The molecule has 3 aromatic carbocycles. The molecule has 3 rings (SSSR count). The zero-order chi connectivity index (χ0) is 22.4. The lowest BCUT2D eigenvalue weighted by atomic mass is 10.0. The molecule has 0 heterocycles. The SMILES string of the molecule is C[C@H](CNC(=O)c1ccc(N(Cc2ccc(F)cc2)S(C)(=O)=O)cc1)c1ccccc1. The number of halogens is 1. The molecule has 0 fully saturated rings. The fourth-order valence-electron chi connectivity index (χ4n) is 3.18. The van der Waals surface area contributed by atoms with Gasteiger partial charge in [0.15, 0.2) is 0 Å². The van der Waals surface area contributed by atoms with Crippen molar-refractivity contribution in [1.82, 2.24) is 5.32 Å². The third-order valence-corrected chi connectivity index (χ3v) is 6.14. The molecule has 0 aliphatic carbocycles. The van der Waals surface area contributed by atoms with E-state index in [1.807, 2.05) is 37.3 Å². The van der Waals surface area contributed by atoms with Crippen molar-refractivity contribution in [2.24, 2.45) is 0 Å². The number of amides is 1. The van der Waals surface area contributed by atoms with Gasteiger partial charge in [0.2, 0.25) is 10.0 Å². The largest absolute Gasteiger partial charge is 0.351 e. The number of carbonyl (C=O) groups is 1. The van der Waals surface area contributed by atoms with E-state index in [1.54, 1.807) is 36.4 Å². The van der Waals surface area contributed by atoms with Crippen LogP contribution in [0.1, 0.15) is 34.3 Å². The predicted molar refractivity (Wildman–Crippen MR) is 121 cm³/mol. The van der Waals surface area contributed by atoms with Crippen LogP contribution in [-0.4, -0.2) is 27.1 Å². The standard InChI is InChI=1S/C24H25FN2O3S/c1-18(20-6-4-3-5-7-20)16-26-24(28)21-10-14-23(15-11-21)27(31(2,29)30)17-19-8-12-22(25)13-9-19/h3-15,18H,16-17H2,1-2H3,(H,26,28)/t18-/m1/s1. The van der Waals surface area contributed by atoms with Gasteiger partial charge in [-0.15, -0.1) is 0 Å². The van der Waals surface area contributed by atoms with E-state index in [1.165, 1.54) is 16.4 Å². The zero-order valence-corrected chi connectivity index (χ0v) is 18.3. The lowest BCUT2D eigenvalue weighted by molar-refractivity contribution is 0.0951. The summed E-state index contributed by atoms with van der Waals surface area (Å²) in [5.41, 5.74) is 2.67. The minimum atomic E-state index is -3.57. The van der Waals surface area contributed by atoms with Crippen LogP contribution in [0.15, 0.2) is 78.9 Å². The highest BCUT2D eigenvalue weighted by Gasteiger charge is 2.19. The van der Waals surface area contributed by atoms with Crippen molar-refractivity contribution in [2.45, 2.75) is 19.4 Å². The van der Waals surface area contributed by atoms with Crippen molar-refractivity contribution in [3.8, 4) is 0 Å². The molecule has 3 aromatic rings. The first-order valence-electron chi connectivity index (χ1n) is 9.89. The van der Waals surface area contributed by atoms with E-state index in [9.17, 15) is 17.6 Å². The summed E-state index contributed by atoms with van der Waals surface area (Å²) < 4.78 is 39.0. The first-order valence-corrected chi connectivity index (χ1v) is 11.7. The summed E-state index contributed by atoms with van der Waals surface area (Å²) in [5, 5.41) is 2.91. The molecule has 0 aromatic heterocycles. The van der Waals surface area contributed by atoms with Crippen molar-refractivity contribution in [2.75, 3.05) is 17.1 Å². The van der Waals surface area contributed by atoms with E-state index in [2.05, 4.69) is 5.32 Å². The van der Waals surface area contributed by atoms with Crippen LogP contribution in [0.4, 0.5) is 10.1 Å². The lowest BCUT2D eigenvalue weighted by Gasteiger charge is -2.23. The van der Waals surface area contributed by atoms with Gasteiger partial charge in [-0.25, -0.2) is 12.8 Å². The van der Waals surface area contributed by atoms with Gasteiger partial charge in [-0.2, -0.15) is 0 Å². The topological polar surface area (TPSA) is 66.5 Å². The van der Waals surface area contributed by atoms with E-state index in [4.69, 9.17) is 0 Å². The van der Waals surface area contributed by atoms with E-state index in [0.29, 0.717) is 23.4 Å². The van der Waals surface area contributed by atoms with Crippen molar-refractivity contribution in [3.63, 3.8) is 0 Å². The van der Waals surface area contributed by atoms with E-state index < -0.39 is 10.0 Å². The fourth-order valence-corrected chi connectivity index (χ4v) is 4.07. The third kappa shape index (κ3) is 6.15. The lowest BCUT2D eigenvalue weighted by Crippen LogP contribution is -2.30. The second-order valence-electron chi connectivity index (χ2n) is 7.46. The molecular formula is C24H25FN2O3S. The van der Waals surface area contributed by atoms with Gasteiger partial charge >= 0.3 is 0 Å². The van der Waals surface area contributed by atoms with Crippen LogP contribution in [0.25, 0.3) is 0 Å². The summed E-state index contributed by atoms with van der Waals surface area (Å²) >= 11 is 0. The highest BCUT2D eigenvalue weighted by molar-refractivity contribution is 7.92. The Kier molecular flexibility index (Phi) is 7.07. The Morgan fingerprint density at radius 1 is 0.968 bits per heavy atom. The Balaban J connectivity index is 1.69. The number of benzene rings is 3. The summed E-state index contributed by atoms with van der Waals surface area (Å²) in [6, 6.07) is 22.0. The number of anilines is 1. The highest BCUT2D eigenvalue weighted by atomic mass is 32.2. The number of carbonyl (C=O) groups excluding carboxylic acids is 1. The Bertz CT molecular complexity index is 1120. The van der Waals surface area contributed by atoms with Gasteiger partial charge in [-0.1, -0.05) is 49.4 Å². The molecule has 0 saturated heterocycles. The molecule has 0 radical (unpaired) electrons. The Morgan fingerprint density at radius 2 is 1.58 bits per heavy atom. The molecule has 0 unspecified atom stereocenters. The monoisotopic (exact) mass is 440 g/mol. The molecule has 7 heteroatoms. The van der Waals surface area contributed by atoms with Gasteiger partial charge in [-0.05, 0) is 53.4 Å². The summed E-state index contributed by atoms with van der Waals surface area (Å²) in [7, 11) is -3.57. The fraction of sp³-hybridized carbons (Fsp3) is 0.208. The van der Waals surface area contributed by atoms with Crippen LogP contribution in [0.3, 0.4) is 0 Å². The molecule has 0 saturated carbocycles. The molecule has 0 aliphatic rings. The number of nitrogens with zero attached hydrogens (tertiary/aromatic N) is 1. The number of sulfonamides is 1. The molecule has 1 N–H and O–H groups in total. The molecule has 1 amide bonds. The van der Waals surface area contributed by atoms with Crippen LogP contribution in [-0.2, 0) is 16.6 Å². The number of hydrogen-bond acceptors (Lipinski definition) is 3. The van der Waals surface area contributed by atoms with Gasteiger partial charge < -0.3 is 5.32 Å². The van der Waals surface area contributed by atoms with Crippen molar-refractivity contribution in [3.05, 3.63) is 101 Å². The smallest absolute Gasteiger partial charge is 0.251 e. The summed E-state index contributed by atoms with van der Waals surface area (Å²) in [5.74, 6) is -0.439. The van der Waals surface area contributed by atoms with Gasteiger partial charge in [-0.3, -0.25) is 9.10 Å². The Morgan fingerprint density at radius 3 is 2.16 bits per heavy atom. The quantitative estimate of drug-likeness (QED) is 0.567.